The Kier molecular flexibility index (Phi) is 5.34. The summed E-state index contributed by atoms with van der Waals surface area (Å²) in [5, 5.41) is 6.00. The number of ether oxygens (including phenoxy) is 2. The summed E-state index contributed by atoms with van der Waals surface area (Å²) < 4.78 is 10.3. The highest BCUT2D eigenvalue weighted by Gasteiger charge is 2.08. The van der Waals surface area contributed by atoms with Gasteiger partial charge in [-0.05, 0) is 42.5 Å². The van der Waals surface area contributed by atoms with E-state index in [9.17, 15) is 4.79 Å². The molecule has 0 aliphatic carbocycles. The molecule has 3 rings (SSSR count). The van der Waals surface area contributed by atoms with Gasteiger partial charge in [0.2, 0.25) is 0 Å². The number of nitrogens with one attached hydrogen (secondary N) is 2. The summed E-state index contributed by atoms with van der Waals surface area (Å²) in [4.78, 5) is 16.6. The van der Waals surface area contributed by atoms with Gasteiger partial charge in [-0.15, -0.1) is 0 Å². The molecule has 2 aromatic carbocycles. The zero-order valence-electron chi connectivity index (χ0n) is 14.5. The van der Waals surface area contributed by atoms with E-state index >= 15 is 0 Å². The van der Waals surface area contributed by atoms with Gasteiger partial charge in [0.15, 0.2) is 0 Å². The summed E-state index contributed by atoms with van der Waals surface area (Å²) in [6.45, 7) is 0. The molecule has 0 unspecified atom stereocenters. The van der Waals surface area contributed by atoms with Crippen molar-refractivity contribution >= 4 is 23.1 Å². The lowest BCUT2D eigenvalue weighted by molar-refractivity contribution is 0.102. The standard InChI is InChI=1S/C20H19N3O3/c1-25-17-7-3-5-14(11-17)20(24)23-19-10-9-16(13-21-19)22-15-6-4-8-18(12-15)26-2/h3-13,22H,1-2H3,(H,21,23,24). The molecule has 26 heavy (non-hydrogen) atoms. The van der Waals surface area contributed by atoms with Gasteiger partial charge in [-0.2, -0.15) is 0 Å². The van der Waals surface area contributed by atoms with E-state index in [-0.39, 0.29) is 5.91 Å². The van der Waals surface area contributed by atoms with Gasteiger partial charge in [0.05, 0.1) is 26.1 Å². The second-order valence-electron chi connectivity index (χ2n) is 5.48. The molecule has 3 aromatic rings. The predicted molar refractivity (Wildman–Crippen MR) is 101 cm³/mol. The Balaban J connectivity index is 1.66. The van der Waals surface area contributed by atoms with Crippen LogP contribution in [0.4, 0.5) is 17.2 Å². The Morgan fingerprint density at radius 3 is 2.31 bits per heavy atom. The average molecular weight is 349 g/mol. The van der Waals surface area contributed by atoms with Crippen LogP contribution in [0.15, 0.2) is 66.9 Å². The second-order valence-corrected chi connectivity index (χ2v) is 5.48. The molecule has 0 spiro atoms. The number of methoxy groups -OCH3 is 2. The molecule has 0 radical (unpaired) electrons. The van der Waals surface area contributed by atoms with Crippen molar-refractivity contribution < 1.29 is 14.3 Å². The molecule has 1 heterocycles. The maximum absolute atomic E-state index is 12.3. The van der Waals surface area contributed by atoms with Crippen molar-refractivity contribution in [2.45, 2.75) is 0 Å². The molecule has 6 heteroatoms. The van der Waals surface area contributed by atoms with Gasteiger partial charge in [-0.3, -0.25) is 4.79 Å². The Bertz CT molecular complexity index is 895. The van der Waals surface area contributed by atoms with E-state index in [0.717, 1.165) is 17.1 Å². The third kappa shape index (κ3) is 4.30. The SMILES string of the molecule is COc1cccc(Nc2ccc(NC(=O)c3cccc(OC)c3)nc2)c1. The molecule has 0 fully saturated rings. The van der Waals surface area contributed by atoms with Crippen LogP contribution in [0.2, 0.25) is 0 Å². The smallest absolute Gasteiger partial charge is 0.256 e. The molecule has 0 saturated heterocycles. The molecule has 0 aliphatic rings. The van der Waals surface area contributed by atoms with Crippen molar-refractivity contribution in [3.05, 3.63) is 72.4 Å². The summed E-state index contributed by atoms with van der Waals surface area (Å²) >= 11 is 0. The Hall–Kier alpha value is -3.54. The van der Waals surface area contributed by atoms with E-state index in [1.807, 2.05) is 30.3 Å². The van der Waals surface area contributed by atoms with E-state index in [1.165, 1.54) is 0 Å². The topological polar surface area (TPSA) is 72.5 Å². The lowest BCUT2D eigenvalue weighted by atomic mass is 10.2. The van der Waals surface area contributed by atoms with Crippen LogP contribution in [-0.4, -0.2) is 25.1 Å². The molecule has 0 aliphatic heterocycles. The van der Waals surface area contributed by atoms with Gasteiger partial charge < -0.3 is 20.1 Å². The number of aromatic nitrogens is 1. The third-order valence-electron chi connectivity index (χ3n) is 3.70. The first-order valence-electron chi connectivity index (χ1n) is 8.00. The van der Waals surface area contributed by atoms with Crippen LogP contribution in [0, 0.1) is 0 Å². The van der Waals surface area contributed by atoms with Crippen LogP contribution >= 0.6 is 0 Å². The minimum atomic E-state index is -0.245. The molecule has 0 atom stereocenters. The number of anilines is 3. The average Bonchev–Trinajstić information content (AvgIpc) is 2.69. The summed E-state index contributed by atoms with van der Waals surface area (Å²) in [7, 11) is 3.19. The number of hydrogen-bond donors (Lipinski definition) is 2. The summed E-state index contributed by atoms with van der Waals surface area (Å²) in [5.41, 5.74) is 2.20. The molecule has 0 saturated carbocycles. The van der Waals surface area contributed by atoms with Crippen LogP contribution in [0.5, 0.6) is 11.5 Å². The van der Waals surface area contributed by atoms with Crippen molar-refractivity contribution in [1.29, 1.82) is 0 Å². The lowest BCUT2D eigenvalue weighted by Gasteiger charge is -2.09. The van der Waals surface area contributed by atoms with Crippen LogP contribution in [-0.2, 0) is 0 Å². The molecule has 1 amide bonds. The Morgan fingerprint density at radius 1 is 0.885 bits per heavy atom. The lowest BCUT2D eigenvalue weighted by Crippen LogP contribution is -2.12. The monoisotopic (exact) mass is 349 g/mol. The van der Waals surface area contributed by atoms with Crippen LogP contribution < -0.4 is 20.1 Å². The van der Waals surface area contributed by atoms with Gasteiger partial charge in [-0.25, -0.2) is 4.98 Å². The van der Waals surface area contributed by atoms with Gasteiger partial charge in [0, 0.05) is 17.3 Å². The number of amides is 1. The fourth-order valence-corrected chi connectivity index (χ4v) is 2.36. The number of carbonyl (C=O) groups excluding carboxylic acids is 1. The van der Waals surface area contributed by atoms with Gasteiger partial charge in [0.1, 0.15) is 17.3 Å². The van der Waals surface area contributed by atoms with Crippen LogP contribution in [0.3, 0.4) is 0 Å². The second kappa shape index (κ2) is 8.02. The van der Waals surface area contributed by atoms with Crippen molar-refractivity contribution in [3.8, 4) is 11.5 Å². The first-order valence-corrected chi connectivity index (χ1v) is 8.00. The minimum Gasteiger partial charge on any atom is -0.497 e. The van der Waals surface area contributed by atoms with Gasteiger partial charge >= 0.3 is 0 Å². The zero-order valence-corrected chi connectivity index (χ0v) is 14.5. The van der Waals surface area contributed by atoms with Crippen molar-refractivity contribution in [2.75, 3.05) is 24.9 Å². The van der Waals surface area contributed by atoms with E-state index in [1.54, 1.807) is 50.7 Å². The first-order chi connectivity index (χ1) is 12.7. The maximum atomic E-state index is 12.3. The third-order valence-corrected chi connectivity index (χ3v) is 3.70. The number of benzene rings is 2. The zero-order chi connectivity index (χ0) is 18.4. The molecule has 1 aromatic heterocycles. The quantitative estimate of drug-likeness (QED) is 0.701. The van der Waals surface area contributed by atoms with Crippen molar-refractivity contribution in [3.63, 3.8) is 0 Å². The van der Waals surface area contributed by atoms with Crippen LogP contribution in [0.25, 0.3) is 0 Å². The van der Waals surface area contributed by atoms with Crippen molar-refractivity contribution in [1.82, 2.24) is 4.98 Å². The van der Waals surface area contributed by atoms with Gasteiger partial charge in [-0.1, -0.05) is 12.1 Å². The summed E-state index contributed by atoms with van der Waals surface area (Å²) in [6, 6.07) is 18.1. The van der Waals surface area contributed by atoms with Crippen molar-refractivity contribution in [2.24, 2.45) is 0 Å². The summed E-state index contributed by atoms with van der Waals surface area (Å²) in [6.07, 6.45) is 1.65. The molecular formula is C20H19N3O3. The summed E-state index contributed by atoms with van der Waals surface area (Å²) in [5.74, 6) is 1.62. The van der Waals surface area contributed by atoms with E-state index in [4.69, 9.17) is 9.47 Å². The highest BCUT2D eigenvalue weighted by atomic mass is 16.5. The Labute approximate surface area is 151 Å². The molecule has 2 N–H and O–H groups in total. The van der Waals surface area contributed by atoms with E-state index in [2.05, 4.69) is 15.6 Å². The Morgan fingerprint density at radius 2 is 1.62 bits per heavy atom. The highest BCUT2D eigenvalue weighted by Crippen LogP contribution is 2.21. The molecular weight excluding hydrogens is 330 g/mol. The van der Waals surface area contributed by atoms with Gasteiger partial charge in [0.25, 0.3) is 5.91 Å². The minimum absolute atomic E-state index is 0.245. The maximum Gasteiger partial charge on any atom is 0.256 e. The van der Waals surface area contributed by atoms with Crippen LogP contribution in [0.1, 0.15) is 10.4 Å². The number of rotatable bonds is 6. The normalized spacial score (nSPS) is 10.1. The molecule has 132 valence electrons. The number of pyridine rings is 1. The highest BCUT2D eigenvalue weighted by molar-refractivity contribution is 6.04. The largest absolute Gasteiger partial charge is 0.497 e. The number of carbonyl (C=O) groups is 1. The predicted octanol–water partition coefficient (Wildman–Crippen LogP) is 4.09. The number of hydrogen-bond acceptors (Lipinski definition) is 5. The first kappa shape index (κ1) is 17.3. The fraction of sp³-hybridized carbons (Fsp3) is 0.100. The fourth-order valence-electron chi connectivity index (χ4n) is 2.36. The molecule has 6 nitrogen and oxygen atoms in total. The number of nitrogens with zero attached hydrogens (tertiary/aromatic N) is 1. The molecule has 0 bridgehead atoms. The van der Waals surface area contributed by atoms with E-state index < -0.39 is 0 Å². The van der Waals surface area contributed by atoms with E-state index in [0.29, 0.717) is 17.1 Å².